The van der Waals surface area contributed by atoms with Crippen LogP contribution in [0.15, 0.2) is 42.5 Å². The van der Waals surface area contributed by atoms with Crippen LogP contribution in [0.1, 0.15) is 15.9 Å². The van der Waals surface area contributed by atoms with E-state index >= 15 is 0 Å². The largest absolute Gasteiger partial charge is 0.507 e. The third-order valence-corrected chi connectivity index (χ3v) is 3.05. The molecule has 0 saturated carbocycles. The maximum absolute atomic E-state index is 12.0. The van der Waals surface area contributed by atoms with Crippen molar-refractivity contribution in [2.45, 2.75) is 6.42 Å². The van der Waals surface area contributed by atoms with Gasteiger partial charge in [-0.25, -0.2) is 0 Å². The number of anilines is 1. The van der Waals surface area contributed by atoms with Crippen molar-refractivity contribution in [3.05, 3.63) is 58.6 Å². The van der Waals surface area contributed by atoms with E-state index in [1.165, 1.54) is 18.2 Å². The van der Waals surface area contributed by atoms with Crippen molar-refractivity contribution in [3.63, 3.8) is 0 Å². The van der Waals surface area contributed by atoms with Crippen LogP contribution in [-0.4, -0.2) is 22.7 Å². The molecule has 0 bridgehead atoms. The van der Waals surface area contributed by atoms with Crippen LogP contribution >= 0.6 is 11.6 Å². The van der Waals surface area contributed by atoms with Crippen LogP contribution in [0.5, 0.6) is 5.75 Å². The molecule has 2 rings (SSSR count). The minimum atomic E-state index is -0.431. The van der Waals surface area contributed by atoms with Crippen molar-refractivity contribution in [1.82, 2.24) is 0 Å². The summed E-state index contributed by atoms with van der Waals surface area (Å²) in [4.78, 5) is 12.0. The quantitative estimate of drug-likeness (QED) is 0.811. The first-order valence-electron chi connectivity index (χ1n) is 6.10. The standard InChI is InChI=1S/C15H14ClNO3/c16-11-3-6-14(19)13(9-11)15(20)17-12-4-1-10(2-5-12)7-8-18/h1-6,9,18-19H,7-8H2,(H,17,20). The van der Waals surface area contributed by atoms with Gasteiger partial charge >= 0.3 is 0 Å². The fourth-order valence-electron chi connectivity index (χ4n) is 1.77. The van der Waals surface area contributed by atoms with E-state index in [1.54, 1.807) is 12.1 Å². The van der Waals surface area contributed by atoms with Crippen LogP contribution < -0.4 is 5.32 Å². The number of hydrogen-bond donors (Lipinski definition) is 3. The van der Waals surface area contributed by atoms with Gasteiger partial charge in [-0.15, -0.1) is 0 Å². The first kappa shape index (κ1) is 14.4. The summed E-state index contributed by atoms with van der Waals surface area (Å²) in [6.45, 7) is 0.0854. The lowest BCUT2D eigenvalue weighted by Crippen LogP contribution is -2.12. The molecule has 0 fully saturated rings. The Balaban J connectivity index is 2.13. The average molecular weight is 292 g/mol. The van der Waals surface area contributed by atoms with Gasteiger partial charge in [0.15, 0.2) is 0 Å². The molecule has 4 nitrogen and oxygen atoms in total. The molecule has 2 aromatic rings. The van der Waals surface area contributed by atoms with E-state index < -0.39 is 5.91 Å². The molecule has 0 radical (unpaired) electrons. The van der Waals surface area contributed by atoms with E-state index in [1.807, 2.05) is 12.1 Å². The Labute approximate surface area is 121 Å². The lowest BCUT2D eigenvalue weighted by molar-refractivity contribution is 0.102. The fourth-order valence-corrected chi connectivity index (χ4v) is 1.94. The lowest BCUT2D eigenvalue weighted by atomic mass is 10.1. The second-order valence-corrected chi connectivity index (χ2v) is 4.72. The van der Waals surface area contributed by atoms with E-state index in [0.29, 0.717) is 17.1 Å². The molecule has 0 unspecified atom stereocenters. The van der Waals surface area contributed by atoms with Crippen molar-refractivity contribution in [1.29, 1.82) is 0 Å². The number of benzene rings is 2. The number of rotatable bonds is 4. The minimum Gasteiger partial charge on any atom is -0.507 e. The molecule has 20 heavy (non-hydrogen) atoms. The number of carbonyl (C=O) groups is 1. The molecule has 3 N–H and O–H groups in total. The summed E-state index contributed by atoms with van der Waals surface area (Å²) in [5, 5.41) is 21.5. The predicted octanol–water partition coefficient (Wildman–Crippen LogP) is 2.83. The van der Waals surface area contributed by atoms with Crippen molar-refractivity contribution >= 4 is 23.2 Å². The topological polar surface area (TPSA) is 69.6 Å². The Morgan fingerprint density at radius 3 is 2.50 bits per heavy atom. The Morgan fingerprint density at radius 1 is 1.15 bits per heavy atom. The molecule has 0 aromatic heterocycles. The molecular formula is C15H14ClNO3. The summed E-state index contributed by atoms with van der Waals surface area (Å²) in [5.41, 5.74) is 1.71. The van der Waals surface area contributed by atoms with E-state index in [9.17, 15) is 9.90 Å². The average Bonchev–Trinajstić information content (AvgIpc) is 2.44. The zero-order chi connectivity index (χ0) is 14.5. The van der Waals surface area contributed by atoms with E-state index in [0.717, 1.165) is 5.56 Å². The number of aromatic hydroxyl groups is 1. The third-order valence-electron chi connectivity index (χ3n) is 2.82. The first-order chi connectivity index (χ1) is 9.60. The summed E-state index contributed by atoms with van der Waals surface area (Å²) in [7, 11) is 0. The number of halogens is 1. The van der Waals surface area contributed by atoms with Gasteiger partial charge in [-0.05, 0) is 42.3 Å². The van der Waals surface area contributed by atoms with Gasteiger partial charge in [-0.1, -0.05) is 23.7 Å². The van der Waals surface area contributed by atoms with Crippen LogP contribution in [-0.2, 0) is 6.42 Å². The maximum Gasteiger partial charge on any atom is 0.259 e. The van der Waals surface area contributed by atoms with Crippen molar-refractivity contribution in [3.8, 4) is 5.75 Å². The maximum atomic E-state index is 12.0. The molecular weight excluding hydrogens is 278 g/mol. The number of hydrogen-bond acceptors (Lipinski definition) is 3. The van der Waals surface area contributed by atoms with Gasteiger partial charge in [0.05, 0.1) is 5.56 Å². The smallest absolute Gasteiger partial charge is 0.259 e. The van der Waals surface area contributed by atoms with Crippen LogP contribution in [0, 0.1) is 0 Å². The van der Waals surface area contributed by atoms with Crippen molar-refractivity contribution in [2.75, 3.05) is 11.9 Å². The number of amides is 1. The van der Waals surface area contributed by atoms with Crippen LogP contribution in [0.2, 0.25) is 5.02 Å². The van der Waals surface area contributed by atoms with Gasteiger partial charge in [-0.3, -0.25) is 4.79 Å². The molecule has 0 aliphatic rings. The van der Waals surface area contributed by atoms with Crippen LogP contribution in [0.25, 0.3) is 0 Å². The summed E-state index contributed by atoms with van der Waals surface area (Å²) in [5.74, 6) is -0.552. The van der Waals surface area contributed by atoms with Crippen molar-refractivity contribution < 1.29 is 15.0 Å². The Bertz CT molecular complexity index is 611. The van der Waals surface area contributed by atoms with Gasteiger partial charge in [0.2, 0.25) is 0 Å². The highest BCUT2D eigenvalue weighted by molar-refractivity contribution is 6.31. The molecule has 1 amide bonds. The number of phenols is 1. The normalized spacial score (nSPS) is 10.3. The van der Waals surface area contributed by atoms with Gasteiger partial charge in [0.1, 0.15) is 5.75 Å². The molecule has 0 heterocycles. The second kappa shape index (κ2) is 6.41. The van der Waals surface area contributed by atoms with Crippen molar-refractivity contribution in [2.24, 2.45) is 0 Å². The molecule has 5 heteroatoms. The molecule has 0 saturated heterocycles. The Hall–Kier alpha value is -2.04. The highest BCUT2D eigenvalue weighted by Crippen LogP contribution is 2.22. The van der Waals surface area contributed by atoms with Gasteiger partial charge in [0.25, 0.3) is 5.91 Å². The number of aliphatic hydroxyl groups is 1. The third kappa shape index (κ3) is 3.50. The number of carbonyl (C=O) groups excluding carboxylic acids is 1. The van der Waals surface area contributed by atoms with Gasteiger partial charge < -0.3 is 15.5 Å². The first-order valence-corrected chi connectivity index (χ1v) is 6.47. The summed E-state index contributed by atoms with van der Waals surface area (Å²) in [6.07, 6.45) is 0.573. The van der Waals surface area contributed by atoms with E-state index in [4.69, 9.17) is 16.7 Å². The highest BCUT2D eigenvalue weighted by Gasteiger charge is 2.11. The Morgan fingerprint density at radius 2 is 1.85 bits per heavy atom. The molecule has 0 aliphatic carbocycles. The Kier molecular flexibility index (Phi) is 4.61. The second-order valence-electron chi connectivity index (χ2n) is 4.29. The molecule has 2 aromatic carbocycles. The van der Waals surface area contributed by atoms with Crippen LogP contribution in [0.3, 0.4) is 0 Å². The van der Waals surface area contributed by atoms with E-state index in [2.05, 4.69) is 5.32 Å². The molecule has 104 valence electrons. The fraction of sp³-hybridized carbons (Fsp3) is 0.133. The van der Waals surface area contributed by atoms with Gasteiger partial charge in [-0.2, -0.15) is 0 Å². The molecule has 0 atom stereocenters. The zero-order valence-corrected chi connectivity index (χ0v) is 11.4. The SMILES string of the molecule is O=C(Nc1ccc(CCO)cc1)c1cc(Cl)ccc1O. The van der Waals surface area contributed by atoms with Crippen LogP contribution in [0.4, 0.5) is 5.69 Å². The molecule has 0 spiro atoms. The van der Waals surface area contributed by atoms with Gasteiger partial charge in [0, 0.05) is 17.3 Å². The number of aliphatic hydroxyl groups excluding tert-OH is 1. The summed E-state index contributed by atoms with van der Waals surface area (Å²) in [6, 6.07) is 11.4. The minimum absolute atomic E-state index is 0.0854. The van der Waals surface area contributed by atoms with E-state index in [-0.39, 0.29) is 17.9 Å². The zero-order valence-electron chi connectivity index (χ0n) is 10.6. The lowest BCUT2D eigenvalue weighted by Gasteiger charge is -2.08. The number of nitrogens with one attached hydrogen (secondary N) is 1. The molecule has 0 aliphatic heterocycles. The summed E-state index contributed by atoms with van der Waals surface area (Å²) >= 11 is 5.80. The monoisotopic (exact) mass is 291 g/mol. The predicted molar refractivity (Wildman–Crippen MR) is 78.3 cm³/mol. The highest BCUT2D eigenvalue weighted by atomic mass is 35.5. The number of phenolic OH excluding ortho intramolecular Hbond substituents is 1. The summed E-state index contributed by atoms with van der Waals surface area (Å²) < 4.78 is 0.